The van der Waals surface area contributed by atoms with Crippen LogP contribution in [0.25, 0.3) is 0 Å². The Morgan fingerprint density at radius 1 is 1.37 bits per heavy atom. The van der Waals surface area contributed by atoms with Crippen LogP contribution in [0.5, 0.6) is 11.6 Å². The molecule has 19 heavy (non-hydrogen) atoms. The van der Waals surface area contributed by atoms with Gasteiger partial charge >= 0.3 is 5.69 Å². The second kappa shape index (κ2) is 5.45. The molecule has 0 bridgehead atoms. The summed E-state index contributed by atoms with van der Waals surface area (Å²) in [5.41, 5.74) is 7.00. The highest BCUT2D eigenvalue weighted by molar-refractivity contribution is 5.45. The first-order valence-electron chi connectivity index (χ1n) is 5.68. The summed E-state index contributed by atoms with van der Waals surface area (Å²) in [7, 11) is 0. The highest BCUT2D eigenvalue weighted by Crippen LogP contribution is 2.29. The lowest BCUT2D eigenvalue weighted by Crippen LogP contribution is -1.98. The second-order valence-electron chi connectivity index (χ2n) is 4.04. The number of ether oxygens (including phenoxy) is 1. The Kier molecular flexibility index (Phi) is 3.72. The van der Waals surface area contributed by atoms with Crippen molar-refractivity contribution >= 4 is 5.69 Å². The average Bonchev–Trinajstić information content (AvgIpc) is 2.41. The molecule has 0 spiro atoms. The number of pyridine rings is 1. The smallest absolute Gasteiger partial charge is 0.331 e. The van der Waals surface area contributed by atoms with Crippen molar-refractivity contribution in [1.29, 1.82) is 0 Å². The lowest BCUT2D eigenvalue weighted by Gasteiger charge is -2.06. The van der Waals surface area contributed by atoms with Crippen molar-refractivity contribution in [2.24, 2.45) is 5.73 Å². The number of nitro groups is 1. The summed E-state index contributed by atoms with van der Waals surface area (Å²) in [5.74, 6) is 0.466. The van der Waals surface area contributed by atoms with E-state index in [-0.39, 0.29) is 11.6 Å². The Morgan fingerprint density at radius 3 is 2.63 bits per heavy atom. The number of hydrogen-bond acceptors (Lipinski definition) is 5. The molecular weight excluding hydrogens is 246 g/mol. The van der Waals surface area contributed by atoms with Crippen LogP contribution >= 0.6 is 0 Å². The summed E-state index contributed by atoms with van der Waals surface area (Å²) in [6.45, 7) is 2.17. The minimum atomic E-state index is -0.510. The maximum Gasteiger partial charge on any atom is 0.331 e. The Morgan fingerprint density at radius 2 is 2.05 bits per heavy atom. The van der Waals surface area contributed by atoms with Gasteiger partial charge in [0.15, 0.2) is 0 Å². The van der Waals surface area contributed by atoms with Crippen LogP contribution in [0, 0.1) is 17.0 Å². The molecule has 6 nitrogen and oxygen atoms in total. The Labute approximate surface area is 110 Å². The second-order valence-corrected chi connectivity index (χ2v) is 4.04. The van der Waals surface area contributed by atoms with Gasteiger partial charge in [0.2, 0.25) is 0 Å². The molecule has 2 aromatic rings. The van der Waals surface area contributed by atoms with E-state index in [4.69, 9.17) is 10.5 Å². The van der Waals surface area contributed by atoms with Gasteiger partial charge in [0, 0.05) is 18.8 Å². The highest BCUT2D eigenvalue weighted by atomic mass is 16.6. The Hall–Kier alpha value is -2.47. The summed E-state index contributed by atoms with van der Waals surface area (Å²) >= 11 is 0. The Balaban J connectivity index is 2.29. The predicted octanol–water partition coefficient (Wildman–Crippen LogP) is 2.55. The van der Waals surface area contributed by atoms with E-state index in [9.17, 15) is 10.1 Å². The fraction of sp³-hybridized carbons (Fsp3) is 0.154. The molecule has 98 valence electrons. The van der Waals surface area contributed by atoms with Gasteiger partial charge in [0.1, 0.15) is 5.75 Å². The lowest BCUT2D eigenvalue weighted by molar-refractivity contribution is -0.386. The largest absolute Gasteiger partial charge is 0.434 e. The highest BCUT2D eigenvalue weighted by Gasteiger charge is 2.17. The van der Waals surface area contributed by atoms with Crippen LogP contribution in [0.4, 0.5) is 5.69 Å². The molecule has 1 aromatic carbocycles. The molecule has 0 aliphatic carbocycles. The first kappa shape index (κ1) is 13.0. The molecule has 0 saturated carbocycles. The molecule has 6 heteroatoms. The van der Waals surface area contributed by atoms with Gasteiger partial charge in [-0.05, 0) is 30.2 Å². The van der Waals surface area contributed by atoms with Crippen LogP contribution < -0.4 is 10.5 Å². The molecule has 0 saturated heterocycles. The van der Waals surface area contributed by atoms with Crippen molar-refractivity contribution < 1.29 is 9.66 Å². The SMILES string of the molecule is Cc1cnc(Oc2ccc(CN)cc2)c([N+](=O)[O-])c1. The van der Waals surface area contributed by atoms with Crippen molar-refractivity contribution in [3.05, 3.63) is 57.8 Å². The van der Waals surface area contributed by atoms with Crippen LogP contribution in [0.2, 0.25) is 0 Å². The van der Waals surface area contributed by atoms with Crippen LogP contribution in [-0.4, -0.2) is 9.91 Å². The summed E-state index contributed by atoms with van der Waals surface area (Å²) in [5, 5.41) is 10.9. The number of aryl methyl sites for hydroxylation is 1. The van der Waals surface area contributed by atoms with E-state index in [0.29, 0.717) is 17.9 Å². The topological polar surface area (TPSA) is 91.3 Å². The summed E-state index contributed by atoms with van der Waals surface area (Å²) in [6.07, 6.45) is 1.52. The fourth-order valence-electron chi connectivity index (χ4n) is 1.56. The number of benzene rings is 1. The summed E-state index contributed by atoms with van der Waals surface area (Å²) in [6, 6.07) is 8.43. The van der Waals surface area contributed by atoms with Crippen LogP contribution in [0.3, 0.4) is 0 Å². The zero-order valence-corrected chi connectivity index (χ0v) is 10.4. The van der Waals surface area contributed by atoms with Crippen LogP contribution in [0.15, 0.2) is 36.5 Å². The molecule has 1 heterocycles. The molecule has 0 amide bonds. The van der Waals surface area contributed by atoms with Gasteiger partial charge in [0.05, 0.1) is 4.92 Å². The summed E-state index contributed by atoms with van der Waals surface area (Å²) < 4.78 is 5.43. The van der Waals surface area contributed by atoms with Crippen LogP contribution in [-0.2, 0) is 6.54 Å². The van der Waals surface area contributed by atoms with Crippen LogP contribution in [0.1, 0.15) is 11.1 Å². The van der Waals surface area contributed by atoms with E-state index < -0.39 is 4.92 Å². The minimum Gasteiger partial charge on any atom is -0.434 e. The van der Waals surface area contributed by atoms with Crippen molar-refractivity contribution in [2.75, 3.05) is 0 Å². The molecule has 0 radical (unpaired) electrons. The van der Waals surface area contributed by atoms with Gasteiger partial charge < -0.3 is 10.5 Å². The lowest BCUT2D eigenvalue weighted by atomic mass is 10.2. The van der Waals surface area contributed by atoms with Crippen molar-refractivity contribution in [1.82, 2.24) is 4.98 Å². The molecule has 2 N–H and O–H groups in total. The van der Waals surface area contributed by atoms with Gasteiger partial charge in [-0.15, -0.1) is 0 Å². The molecule has 2 rings (SSSR count). The van der Waals surface area contributed by atoms with Gasteiger partial charge in [-0.1, -0.05) is 12.1 Å². The molecular formula is C13H13N3O3. The van der Waals surface area contributed by atoms with Crippen molar-refractivity contribution in [3.8, 4) is 11.6 Å². The molecule has 1 aromatic heterocycles. The zero-order chi connectivity index (χ0) is 13.8. The van der Waals surface area contributed by atoms with Crippen molar-refractivity contribution in [2.45, 2.75) is 13.5 Å². The Bertz CT molecular complexity index is 597. The molecule has 0 atom stereocenters. The summed E-state index contributed by atoms with van der Waals surface area (Å²) in [4.78, 5) is 14.4. The van der Waals surface area contributed by atoms with Gasteiger partial charge in [-0.3, -0.25) is 10.1 Å². The number of nitrogens with zero attached hydrogens (tertiary/aromatic N) is 2. The van der Waals surface area contributed by atoms with E-state index in [0.717, 1.165) is 5.56 Å². The third-order valence-electron chi connectivity index (χ3n) is 2.54. The predicted molar refractivity (Wildman–Crippen MR) is 70.0 cm³/mol. The normalized spacial score (nSPS) is 10.2. The number of nitrogens with two attached hydrogens (primary N) is 1. The number of hydrogen-bond donors (Lipinski definition) is 1. The van der Waals surface area contributed by atoms with Gasteiger partial charge in [-0.25, -0.2) is 4.98 Å². The van der Waals surface area contributed by atoms with E-state index in [1.54, 1.807) is 31.2 Å². The van der Waals surface area contributed by atoms with Gasteiger partial charge in [0.25, 0.3) is 5.88 Å². The quantitative estimate of drug-likeness (QED) is 0.673. The number of aromatic nitrogens is 1. The first-order valence-corrected chi connectivity index (χ1v) is 5.68. The third-order valence-corrected chi connectivity index (χ3v) is 2.54. The molecule has 0 unspecified atom stereocenters. The fourth-order valence-corrected chi connectivity index (χ4v) is 1.56. The first-order chi connectivity index (χ1) is 9.10. The maximum absolute atomic E-state index is 10.9. The van der Waals surface area contributed by atoms with E-state index in [1.165, 1.54) is 12.3 Å². The monoisotopic (exact) mass is 259 g/mol. The van der Waals surface area contributed by atoms with Gasteiger partial charge in [-0.2, -0.15) is 0 Å². The molecule has 0 aliphatic heterocycles. The van der Waals surface area contributed by atoms with E-state index in [2.05, 4.69) is 4.98 Å². The minimum absolute atomic E-state index is 0.0175. The third kappa shape index (κ3) is 3.05. The maximum atomic E-state index is 10.9. The average molecular weight is 259 g/mol. The van der Waals surface area contributed by atoms with Crippen molar-refractivity contribution in [3.63, 3.8) is 0 Å². The van der Waals surface area contributed by atoms with E-state index in [1.807, 2.05) is 0 Å². The zero-order valence-electron chi connectivity index (χ0n) is 10.4. The standard InChI is InChI=1S/C13H13N3O3/c1-9-6-12(16(17)18)13(15-8-9)19-11-4-2-10(7-14)3-5-11/h2-6,8H,7,14H2,1H3. The van der Waals surface area contributed by atoms with E-state index >= 15 is 0 Å². The number of rotatable bonds is 4. The molecule has 0 fully saturated rings. The molecule has 0 aliphatic rings.